The Morgan fingerprint density at radius 2 is 1.35 bits per heavy atom. The van der Waals surface area contributed by atoms with Gasteiger partial charge in [-0.1, -0.05) is 59.1 Å². The average Bonchev–Trinajstić information content (AvgIpc) is 2.91. The van der Waals surface area contributed by atoms with Gasteiger partial charge in [0.2, 0.25) is 5.91 Å². The molecule has 0 bridgehead atoms. The predicted octanol–water partition coefficient (Wildman–Crippen LogP) is 6.25. The van der Waals surface area contributed by atoms with Crippen molar-refractivity contribution in [2.24, 2.45) is 0 Å². The maximum absolute atomic E-state index is 13.5. The van der Waals surface area contributed by atoms with Gasteiger partial charge in [0.1, 0.15) is 6.54 Å². The van der Waals surface area contributed by atoms with Crippen LogP contribution in [0.15, 0.2) is 101 Å². The number of anilines is 3. The molecule has 40 heavy (non-hydrogen) atoms. The molecule has 0 aliphatic heterocycles. The van der Waals surface area contributed by atoms with Gasteiger partial charge in [-0.2, -0.15) is 0 Å². The molecule has 4 aromatic carbocycles. The number of benzene rings is 4. The lowest BCUT2D eigenvalue weighted by Crippen LogP contribution is -2.38. The van der Waals surface area contributed by atoms with Gasteiger partial charge in [-0.3, -0.25) is 13.8 Å². The number of para-hydroxylation sites is 1. The van der Waals surface area contributed by atoms with Gasteiger partial charge in [-0.05, 0) is 80.1 Å². The van der Waals surface area contributed by atoms with Crippen molar-refractivity contribution in [3.8, 4) is 0 Å². The Labute approximate surface area is 243 Å². The lowest BCUT2D eigenvalue weighted by molar-refractivity contribution is -0.114. The number of sulfonamides is 2. The minimum Gasteiger partial charge on any atom is -0.325 e. The molecule has 0 aliphatic rings. The maximum Gasteiger partial charge on any atom is 0.264 e. The SMILES string of the molecule is Cc1ccc(S(=O)(=O)N(CC(=O)Nc2ccc(S(=O)(=O)Nc3cccc(Cl)c3C)cc2)c2ccccc2Cl)cc1. The molecule has 4 aromatic rings. The summed E-state index contributed by atoms with van der Waals surface area (Å²) >= 11 is 12.4. The summed E-state index contributed by atoms with van der Waals surface area (Å²) in [5, 5.41) is 3.20. The number of halogens is 2. The van der Waals surface area contributed by atoms with Crippen LogP contribution in [-0.4, -0.2) is 29.3 Å². The van der Waals surface area contributed by atoms with Gasteiger partial charge in [-0.15, -0.1) is 0 Å². The average molecular weight is 619 g/mol. The third-order valence-corrected chi connectivity index (χ3v) is 9.86. The van der Waals surface area contributed by atoms with Crippen molar-refractivity contribution < 1.29 is 21.6 Å². The molecule has 0 fully saturated rings. The number of carbonyl (C=O) groups is 1. The van der Waals surface area contributed by atoms with E-state index in [1.165, 1.54) is 48.5 Å². The quantitative estimate of drug-likeness (QED) is 0.231. The smallest absolute Gasteiger partial charge is 0.264 e. The van der Waals surface area contributed by atoms with Gasteiger partial charge in [-0.25, -0.2) is 16.8 Å². The number of hydrogen-bond donors (Lipinski definition) is 2. The molecule has 0 aromatic heterocycles. The van der Waals surface area contributed by atoms with Gasteiger partial charge < -0.3 is 5.32 Å². The number of amides is 1. The fourth-order valence-electron chi connectivity index (χ4n) is 3.76. The molecule has 0 spiro atoms. The molecule has 2 N–H and O–H groups in total. The summed E-state index contributed by atoms with van der Waals surface area (Å²) in [6, 6.07) is 22.9. The molecule has 8 nitrogen and oxygen atoms in total. The highest BCUT2D eigenvalue weighted by atomic mass is 35.5. The Kier molecular flexibility index (Phi) is 8.74. The minimum atomic E-state index is -4.15. The van der Waals surface area contributed by atoms with Crippen molar-refractivity contribution in [3.05, 3.63) is 112 Å². The van der Waals surface area contributed by atoms with Gasteiger partial charge in [0.05, 0.1) is 26.2 Å². The summed E-state index contributed by atoms with van der Waals surface area (Å²) in [7, 11) is -8.09. The van der Waals surface area contributed by atoms with Crippen LogP contribution in [0.4, 0.5) is 17.1 Å². The highest BCUT2D eigenvalue weighted by Crippen LogP contribution is 2.31. The van der Waals surface area contributed by atoms with E-state index in [2.05, 4.69) is 10.0 Å². The summed E-state index contributed by atoms with van der Waals surface area (Å²) in [4.78, 5) is 13.0. The lowest BCUT2D eigenvalue weighted by atomic mass is 10.2. The summed E-state index contributed by atoms with van der Waals surface area (Å²) in [5.74, 6) is -0.654. The Morgan fingerprint density at radius 3 is 2.00 bits per heavy atom. The van der Waals surface area contributed by atoms with Crippen LogP contribution < -0.4 is 14.3 Å². The van der Waals surface area contributed by atoms with E-state index in [1.807, 2.05) is 6.92 Å². The molecule has 0 heterocycles. The summed E-state index contributed by atoms with van der Waals surface area (Å²) in [6.07, 6.45) is 0. The zero-order valence-electron chi connectivity index (χ0n) is 21.4. The number of rotatable bonds is 9. The molecule has 0 aliphatic carbocycles. The number of aryl methyl sites for hydroxylation is 1. The van der Waals surface area contributed by atoms with E-state index in [0.717, 1.165) is 9.87 Å². The van der Waals surface area contributed by atoms with Crippen molar-refractivity contribution in [2.75, 3.05) is 20.9 Å². The first-order chi connectivity index (χ1) is 18.9. The molecule has 12 heteroatoms. The van der Waals surface area contributed by atoms with Crippen LogP contribution in [0.3, 0.4) is 0 Å². The maximum atomic E-state index is 13.5. The van der Waals surface area contributed by atoms with E-state index in [9.17, 15) is 21.6 Å². The van der Waals surface area contributed by atoms with Crippen LogP contribution in [0.5, 0.6) is 0 Å². The van der Waals surface area contributed by atoms with Crippen LogP contribution in [0.25, 0.3) is 0 Å². The van der Waals surface area contributed by atoms with Crippen molar-refractivity contribution in [1.82, 2.24) is 0 Å². The summed E-state index contributed by atoms with van der Waals surface area (Å²) < 4.78 is 56.3. The topological polar surface area (TPSA) is 113 Å². The molecule has 0 unspecified atom stereocenters. The molecule has 208 valence electrons. The highest BCUT2D eigenvalue weighted by Gasteiger charge is 2.28. The third-order valence-electron chi connectivity index (χ3n) is 5.98. The predicted molar refractivity (Wildman–Crippen MR) is 159 cm³/mol. The molecule has 4 rings (SSSR count). The van der Waals surface area contributed by atoms with Gasteiger partial charge in [0, 0.05) is 10.7 Å². The second-order valence-corrected chi connectivity index (χ2v) is 13.2. The van der Waals surface area contributed by atoms with E-state index < -0.39 is 32.5 Å². The number of carbonyl (C=O) groups excluding carboxylic acids is 1. The van der Waals surface area contributed by atoms with Crippen molar-refractivity contribution in [2.45, 2.75) is 23.6 Å². The van der Waals surface area contributed by atoms with Crippen LogP contribution in [0.2, 0.25) is 10.0 Å². The normalized spacial score (nSPS) is 11.6. The van der Waals surface area contributed by atoms with E-state index in [-0.39, 0.29) is 26.2 Å². The minimum absolute atomic E-state index is 0.00261. The fraction of sp³-hybridized carbons (Fsp3) is 0.107. The molecule has 0 atom stereocenters. The second-order valence-electron chi connectivity index (χ2n) is 8.87. The summed E-state index contributed by atoms with van der Waals surface area (Å²) in [6.45, 7) is 2.96. The van der Waals surface area contributed by atoms with Crippen molar-refractivity contribution in [3.63, 3.8) is 0 Å². The Morgan fingerprint density at radius 1 is 0.750 bits per heavy atom. The van der Waals surface area contributed by atoms with E-state index in [1.54, 1.807) is 49.4 Å². The number of nitrogens with zero attached hydrogens (tertiary/aromatic N) is 1. The van der Waals surface area contributed by atoms with Crippen LogP contribution in [0.1, 0.15) is 11.1 Å². The Balaban J connectivity index is 1.54. The van der Waals surface area contributed by atoms with Gasteiger partial charge in [0.25, 0.3) is 20.0 Å². The molecule has 0 saturated carbocycles. The largest absolute Gasteiger partial charge is 0.325 e. The first kappa shape index (κ1) is 29.4. The number of nitrogens with one attached hydrogen (secondary N) is 2. The highest BCUT2D eigenvalue weighted by molar-refractivity contribution is 7.93. The van der Waals surface area contributed by atoms with E-state index in [0.29, 0.717) is 16.3 Å². The van der Waals surface area contributed by atoms with Gasteiger partial charge in [0.15, 0.2) is 0 Å². The Bertz CT molecular complexity index is 1760. The van der Waals surface area contributed by atoms with Crippen LogP contribution >= 0.6 is 23.2 Å². The fourth-order valence-corrected chi connectivity index (χ4v) is 6.79. The van der Waals surface area contributed by atoms with E-state index >= 15 is 0 Å². The Hall–Kier alpha value is -3.57. The van der Waals surface area contributed by atoms with Crippen molar-refractivity contribution in [1.29, 1.82) is 0 Å². The third kappa shape index (κ3) is 6.59. The molecular weight excluding hydrogens is 593 g/mol. The van der Waals surface area contributed by atoms with Crippen LogP contribution in [0, 0.1) is 13.8 Å². The molecular formula is C28H25Cl2N3O5S2. The zero-order chi connectivity index (χ0) is 29.1. The van der Waals surface area contributed by atoms with Gasteiger partial charge >= 0.3 is 0 Å². The first-order valence-electron chi connectivity index (χ1n) is 11.9. The lowest BCUT2D eigenvalue weighted by Gasteiger charge is -2.25. The van der Waals surface area contributed by atoms with Crippen LogP contribution in [-0.2, 0) is 24.8 Å². The second kappa shape index (κ2) is 11.9. The monoisotopic (exact) mass is 617 g/mol. The zero-order valence-corrected chi connectivity index (χ0v) is 24.6. The molecule has 0 radical (unpaired) electrons. The summed E-state index contributed by atoms with van der Waals surface area (Å²) in [5.41, 5.74) is 2.22. The first-order valence-corrected chi connectivity index (χ1v) is 15.6. The molecule has 0 saturated heterocycles. The standard InChI is InChI=1S/C28H25Cl2N3O5S2/c1-19-10-14-23(15-11-19)40(37,38)33(27-9-4-3-6-25(27)30)18-28(34)31-21-12-16-22(17-13-21)39(35,36)32-26-8-5-7-24(29)20(26)2/h3-17,32H,18H2,1-2H3,(H,31,34). The molecule has 1 amide bonds. The van der Waals surface area contributed by atoms with Crippen molar-refractivity contribution >= 4 is 66.2 Å². The number of hydrogen-bond acceptors (Lipinski definition) is 5. The van der Waals surface area contributed by atoms with E-state index in [4.69, 9.17) is 23.2 Å².